The second kappa shape index (κ2) is 10.3. The first-order valence-electron chi connectivity index (χ1n) is 9.91. The van der Waals surface area contributed by atoms with Crippen molar-refractivity contribution in [1.29, 1.82) is 5.26 Å². The van der Waals surface area contributed by atoms with E-state index in [0.717, 1.165) is 31.4 Å². The minimum absolute atomic E-state index is 0.108. The molecule has 150 valence electrons. The van der Waals surface area contributed by atoms with Crippen LogP contribution < -0.4 is 0 Å². The van der Waals surface area contributed by atoms with Gasteiger partial charge in [-0.15, -0.1) is 0 Å². The van der Waals surface area contributed by atoms with Gasteiger partial charge in [0, 0.05) is 28.2 Å². The van der Waals surface area contributed by atoms with Crippen molar-refractivity contribution in [2.75, 3.05) is 13.6 Å². The molecule has 2 unspecified atom stereocenters. The van der Waals surface area contributed by atoms with Crippen LogP contribution in [0.3, 0.4) is 0 Å². The summed E-state index contributed by atoms with van der Waals surface area (Å²) < 4.78 is 0. The van der Waals surface area contributed by atoms with E-state index in [1.165, 1.54) is 5.56 Å². The van der Waals surface area contributed by atoms with Crippen LogP contribution in [0, 0.1) is 17.2 Å². The monoisotopic (exact) mass is 416 g/mol. The van der Waals surface area contributed by atoms with Gasteiger partial charge in [0.05, 0.1) is 11.5 Å². The SMILES string of the molecule is CC(CCC(C#N)(c1c(Cl)cccc1Cl)C(C)C)N(C)CCc1ccccc1. The van der Waals surface area contributed by atoms with E-state index in [1.807, 2.05) is 24.3 Å². The molecule has 0 heterocycles. The van der Waals surface area contributed by atoms with E-state index in [9.17, 15) is 5.26 Å². The standard InChI is InChI=1S/C24H30Cl2N2/c1-18(2)24(17-27,23-21(25)11-8-12-22(23)26)15-13-19(3)28(4)16-14-20-9-6-5-7-10-20/h5-12,18-19H,13-16H2,1-4H3. The Morgan fingerprint density at radius 1 is 1.00 bits per heavy atom. The van der Waals surface area contributed by atoms with Crippen molar-refractivity contribution >= 4 is 23.2 Å². The minimum Gasteiger partial charge on any atom is -0.303 e. The smallest absolute Gasteiger partial charge is 0.0874 e. The van der Waals surface area contributed by atoms with E-state index in [0.29, 0.717) is 16.1 Å². The van der Waals surface area contributed by atoms with Crippen LogP contribution in [-0.4, -0.2) is 24.5 Å². The third-order valence-electron chi connectivity index (χ3n) is 5.90. The average molecular weight is 417 g/mol. The molecular formula is C24H30Cl2N2. The van der Waals surface area contributed by atoms with Crippen LogP contribution in [-0.2, 0) is 11.8 Å². The van der Waals surface area contributed by atoms with Gasteiger partial charge in [-0.25, -0.2) is 0 Å². The van der Waals surface area contributed by atoms with E-state index >= 15 is 0 Å². The first kappa shape index (κ1) is 22.8. The zero-order chi connectivity index (χ0) is 20.7. The van der Waals surface area contributed by atoms with Crippen molar-refractivity contribution in [1.82, 2.24) is 4.90 Å². The molecule has 0 aliphatic carbocycles. The van der Waals surface area contributed by atoms with Crippen molar-refractivity contribution in [2.24, 2.45) is 5.92 Å². The molecule has 0 aliphatic heterocycles. The molecule has 2 aromatic carbocycles. The Kier molecular flexibility index (Phi) is 8.38. The van der Waals surface area contributed by atoms with Crippen molar-refractivity contribution in [3.63, 3.8) is 0 Å². The molecule has 0 aromatic heterocycles. The molecule has 0 saturated heterocycles. The third-order valence-corrected chi connectivity index (χ3v) is 6.53. The third kappa shape index (κ3) is 5.29. The van der Waals surface area contributed by atoms with Crippen molar-refractivity contribution in [2.45, 2.75) is 51.5 Å². The summed E-state index contributed by atoms with van der Waals surface area (Å²) in [7, 11) is 2.15. The van der Waals surface area contributed by atoms with E-state index in [4.69, 9.17) is 23.2 Å². The van der Waals surface area contributed by atoms with Gasteiger partial charge in [0.1, 0.15) is 0 Å². The molecule has 0 fully saturated rings. The quantitative estimate of drug-likeness (QED) is 0.451. The molecule has 28 heavy (non-hydrogen) atoms. The predicted octanol–water partition coefficient (Wildman–Crippen LogP) is 6.75. The lowest BCUT2D eigenvalue weighted by molar-refractivity contribution is 0.225. The van der Waals surface area contributed by atoms with Crippen molar-refractivity contribution in [3.05, 3.63) is 69.7 Å². The zero-order valence-electron chi connectivity index (χ0n) is 17.3. The van der Waals surface area contributed by atoms with Gasteiger partial charge >= 0.3 is 0 Å². The Morgan fingerprint density at radius 3 is 2.14 bits per heavy atom. The summed E-state index contributed by atoms with van der Waals surface area (Å²) >= 11 is 13.0. The fourth-order valence-electron chi connectivity index (χ4n) is 3.69. The number of halogens is 2. The van der Waals surface area contributed by atoms with Crippen LogP contribution in [0.15, 0.2) is 48.5 Å². The van der Waals surface area contributed by atoms with Gasteiger partial charge in [0.25, 0.3) is 0 Å². The van der Waals surface area contributed by atoms with E-state index in [1.54, 1.807) is 0 Å². The fraction of sp³-hybridized carbons (Fsp3) is 0.458. The normalized spacial score (nSPS) is 14.7. The second-order valence-electron chi connectivity index (χ2n) is 7.94. The summed E-state index contributed by atoms with van der Waals surface area (Å²) in [4.78, 5) is 2.36. The highest BCUT2D eigenvalue weighted by Gasteiger charge is 2.39. The lowest BCUT2D eigenvalue weighted by Crippen LogP contribution is -2.36. The summed E-state index contributed by atoms with van der Waals surface area (Å²) in [5.41, 5.74) is 1.43. The molecule has 0 N–H and O–H groups in total. The maximum atomic E-state index is 10.2. The van der Waals surface area contributed by atoms with Gasteiger partial charge in [0.15, 0.2) is 0 Å². The van der Waals surface area contributed by atoms with Crippen LogP contribution in [0.5, 0.6) is 0 Å². The average Bonchev–Trinajstić information content (AvgIpc) is 2.68. The Bertz CT molecular complexity index is 778. The number of hydrogen-bond acceptors (Lipinski definition) is 2. The maximum absolute atomic E-state index is 10.2. The first-order valence-corrected chi connectivity index (χ1v) is 10.7. The number of nitriles is 1. The topological polar surface area (TPSA) is 27.0 Å². The molecule has 0 bridgehead atoms. The summed E-state index contributed by atoms with van der Waals surface area (Å²) in [6.07, 6.45) is 2.64. The molecular weight excluding hydrogens is 387 g/mol. The van der Waals surface area contributed by atoms with Crippen molar-refractivity contribution in [3.8, 4) is 6.07 Å². The van der Waals surface area contributed by atoms with Crippen LogP contribution in [0.4, 0.5) is 0 Å². The van der Waals surface area contributed by atoms with E-state index < -0.39 is 5.41 Å². The number of rotatable bonds is 9. The molecule has 2 nitrogen and oxygen atoms in total. The van der Waals surface area contributed by atoms with Gasteiger partial charge < -0.3 is 4.90 Å². The Balaban J connectivity index is 2.10. The minimum atomic E-state index is -0.691. The number of likely N-dealkylation sites (N-methyl/N-ethyl adjacent to an activating group) is 1. The second-order valence-corrected chi connectivity index (χ2v) is 8.75. The molecule has 2 atom stereocenters. The van der Waals surface area contributed by atoms with Crippen LogP contribution in [0.2, 0.25) is 10.0 Å². The van der Waals surface area contributed by atoms with Crippen LogP contribution >= 0.6 is 23.2 Å². The molecule has 2 rings (SSSR count). The maximum Gasteiger partial charge on any atom is 0.0874 e. The number of nitrogens with zero attached hydrogens (tertiary/aromatic N) is 2. The lowest BCUT2D eigenvalue weighted by atomic mass is 9.69. The summed E-state index contributed by atoms with van der Waals surface area (Å²) in [5.74, 6) is 0.108. The van der Waals surface area contributed by atoms with Gasteiger partial charge in [-0.3, -0.25) is 0 Å². The Labute approximate surface area is 180 Å². The highest BCUT2D eigenvalue weighted by Crippen LogP contribution is 2.44. The van der Waals surface area contributed by atoms with Gasteiger partial charge in [0.2, 0.25) is 0 Å². The molecule has 0 amide bonds. The Morgan fingerprint density at radius 2 is 1.61 bits per heavy atom. The van der Waals surface area contributed by atoms with Gasteiger partial charge in [-0.1, -0.05) is 73.4 Å². The number of hydrogen-bond donors (Lipinski definition) is 0. The van der Waals surface area contributed by atoms with Gasteiger partial charge in [-0.05, 0) is 56.8 Å². The molecule has 0 radical (unpaired) electrons. The lowest BCUT2D eigenvalue weighted by Gasteiger charge is -2.35. The molecule has 4 heteroatoms. The van der Waals surface area contributed by atoms with Crippen molar-refractivity contribution < 1.29 is 0 Å². The Hall–Kier alpha value is -1.53. The highest BCUT2D eigenvalue weighted by atomic mass is 35.5. The predicted molar refractivity (Wildman–Crippen MR) is 120 cm³/mol. The van der Waals surface area contributed by atoms with Gasteiger partial charge in [-0.2, -0.15) is 5.26 Å². The zero-order valence-corrected chi connectivity index (χ0v) is 18.8. The van der Waals surface area contributed by atoms with E-state index in [2.05, 4.69) is 63.1 Å². The summed E-state index contributed by atoms with van der Waals surface area (Å²) in [6.45, 7) is 7.36. The van der Waals surface area contributed by atoms with Crippen LogP contribution in [0.1, 0.15) is 44.7 Å². The highest BCUT2D eigenvalue weighted by molar-refractivity contribution is 6.36. The summed E-state index contributed by atoms with van der Waals surface area (Å²) in [6, 6.07) is 18.9. The molecule has 0 saturated carbocycles. The summed E-state index contributed by atoms with van der Waals surface area (Å²) in [5, 5.41) is 11.3. The molecule has 0 spiro atoms. The first-order chi connectivity index (χ1) is 13.3. The van der Waals surface area contributed by atoms with E-state index in [-0.39, 0.29) is 5.92 Å². The fourth-order valence-corrected chi connectivity index (χ4v) is 4.43. The molecule has 0 aliphatic rings. The number of benzene rings is 2. The molecule has 2 aromatic rings. The largest absolute Gasteiger partial charge is 0.303 e. The van der Waals surface area contributed by atoms with Crippen LogP contribution in [0.25, 0.3) is 0 Å².